The molecule has 6 rings (SSSR count). The summed E-state index contributed by atoms with van der Waals surface area (Å²) < 4.78 is 37.2. The predicted molar refractivity (Wildman–Crippen MR) is 223 cm³/mol. The number of nitrogens with zero attached hydrogens (tertiary/aromatic N) is 2. The highest BCUT2D eigenvalue weighted by atomic mass is 16.6. The Balaban J connectivity index is 1.25. The van der Waals surface area contributed by atoms with Crippen molar-refractivity contribution >= 4 is 23.6 Å². The quantitative estimate of drug-likeness (QED) is 0.0825. The molecule has 1 aliphatic heterocycles. The third kappa shape index (κ3) is 10.4. The molecule has 0 unspecified atom stereocenters. The molecule has 14 heteroatoms. The average molecular weight is 819 g/mol. The maximum atomic E-state index is 13.5. The largest absolute Gasteiger partial charge is 0.497 e. The smallest absolute Gasteiger partial charge is 0.351 e. The molecule has 0 spiro atoms. The van der Waals surface area contributed by atoms with Gasteiger partial charge in [-0.25, -0.2) is 4.79 Å². The van der Waals surface area contributed by atoms with Crippen LogP contribution in [-0.4, -0.2) is 67.0 Å². The fourth-order valence-electron chi connectivity index (χ4n) is 6.96. The zero-order valence-corrected chi connectivity index (χ0v) is 34.3. The van der Waals surface area contributed by atoms with Gasteiger partial charge in [-0.2, -0.15) is 4.98 Å². The van der Waals surface area contributed by atoms with Crippen molar-refractivity contribution in [3.8, 4) is 17.2 Å². The molecule has 0 aliphatic carbocycles. The van der Waals surface area contributed by atoms with Gasteiger partial charge in [0.2, 0.25) is 5.91 Å². The second-order valence-corrected chi connectivity index (χ2v) is 15.3. The van der Waals surface area contributed by atoms with Gasteiger partial charge in [-0.1, -0.05) is 87.5 Å². The number of amides is 2. The number of hydrogen-bond donors (Lipinski definition) is 2. The summed E-state index contributed by atoms with van der Waals surface area (Å²) in [7, 11) is 3.18. The molecule has 314 valence electrons. The van der Waals surface area contributed by atoms with Crippen LogP contribution in [0.25, 0.3) is 0 Å². The normalized spacial score (nSPS) is 16.4. The third-order valence-electron chi connectivity index (χ3n) is 10.2. The van der Waals surface area contributed by atoms with Crippen molar-refractivity contribution < 1.29 is 42.8 Å². The summed E-state index contributed by atoms with van der Waals surface area (Å²) in [6.07, 6.45) is -1.69. The van der Waals surface area contributed by atoms with Gasteiger partial charge in [0.1, 0.15) is 47.1 Å². The maximum absolute atomic E-state index is 13.5. The summed E-state index contributed by atoms with van der Waals surface area (Å²) in [5, 5.41) is 2.60. The van der Waals surface area contributed by atoms with Crippen molar-refractivity contribution in [2.45, 2.75) is 69.5 Å². The number of primary amides is 1. The van der Waals surface area contributed by atoms with Crippen LogP contribution in [0.1, 0.15) is 68.5 Å². The Kier molecular flexibility index (Phi) is 13.7. The van der Waals surface area contributed by atoms with Crippen LogP contribution >= 0.6 is 0 Å². The topological polar surface area (TPSA) is 180 Å². The number of carbonyl (C=O) groups excluding carboxylic acids is 3. The predicted octanol–water partition coefficient (Wildman–Crippen LogP) is 6.05. The fraction of sp³-hybridized carbons (Fsp3) is 0.326. The first-order chi connectivity index (χ1) is 28.8. The highest BCUT2D eigenvalue weighted by molar-refractivity contribution is 5.90. The van der Waals surface area contributed by atoms with Crippen LogP contribution in [0, 0.1) is 0 Å². The van der Waals surface area contributed by atoms with Gasteiger partial charge < -0.3 is 39.5 Å². The molecule has 0 bridgehead atoms. The second kappa shape index (κ2) is 19.0. The SMILES string of the molecule is COc1ccc(C(OC[C@H]2O[C@@H](n3ccc(NC(=O)COc4ccc(C(C)(C)C)cc4)nc3=O)C[C@@H]2OC(=O)CCC(N)=O)(c2ccccc2)c2ccc(OC)cc2)cc1. The van der Waals surface area contributed by atoms with E-state index < -0.39 is 47.5 Å². The summed E-state index contributed by atoms with van der Waals surface area (Å²) in [6.45, 7) is 5.91. The second-order valence-electron chi connectivity index (χ2n) is 15.3. The molecule has 3 atom stereocenters. The van der Waals surface area contributed by atoms with E-state index in [1.807, 2.05) is 91.0 Å². The molecule has 1 aliphatic rings. The van der Waals surface area contributed by atoms with E-state index in [1.54, 1.807) is 26.4 Å². The van der Waals surface area contributed by atoms with Gasteiger partial charge in [0.25, 0.3) is 5.91 Å². The third-order valence-corrected chi connectivity index (χ3v) is 10.2. The Labute approximate surface area is 348 Å². The van der Waals surface area contributed by atoms with Gasteiger partial charge in [0.05, 0.1) is 27.2 Å². The summed E-state index contributed by atoms with van der Waals surface area (Å²) >= 11 is 0. The number of carbonyl (C=O) groups is 3. The number of esters is 1. The van der Waals surface area contributed by atoms with Gasteiger partial charge in [0, 0.05) is 19.0 Å². The van der Waals surface area contributed by atoms with Crippen LogP contribution in [0.2, 0.25) is 0 Å². The molecule has 1 fully saturated rings. The first kappa shape index (κ1) is 43.1. The first-order valence-electron chi connectivity index (χ1n) is 19.5. The molecule has 1 saturated heterocycles. The van der Waals surface area contributed by atoms with Crippen LogP contribution in [0.15, 0.2) is 120 Å². The van der Waals surface area contributed by atoms with Crippen molar-refractivity contribution in [3.05, 3.63) is 148 Å². The Morgan fingerprint density at radius 3 is 1.90 bits per heavy atom. The van der Waals surface area contributed by atoms with Crippen molar-refractivity contribution in [3.63, 3.8) is 0 Å². The molecular weight excluding hydrogens is 769 g/mol. The lowest BCUT2D eigenvalue weighted by atomic mass is 9.80. The molecule has 0 saturated carbocycles. The number of rotatable bonds is 17. The molecule has 5 aromatic rings. The Morgan fingerprint density at radius 2 is 1.35 bits per heavy atom. The van der Waals surface area contributed by atoms with Crippen molar-refractivity contribution in [2.24, 2.45) is 5.73 Å². The Morgan fingerprint density at radius 1 is 0.783 bits per heavy atom. The van der Waals surface area contributed by atoms with Crippen molar-refractivity contribution in [1.82, 2.24) is 9.55 Å². The van der Waals surface area contributed by atoms with E-state index in [9.17, 15) is 19.2 Å². The fourth-order valence-corrected chi connectivity index (χ4v) is 6.96. The Hall–Kier alpha value is -6.51. The van der Waals surface area contributed by atoms with E-state index in [2.05, 4.69) is 31.1 Å². The number of hydrogen-bond acceptors (Lipinski definition) is 11. The zero-order valence-electron chi connectivity index (χ0n) is 34.3. The number of ether oxygens (including phenoxy) is 6. The zero-order chi connectivity index (χ0) is 42.9. The lowest BCUT2D eigenvalue weighted by Crippen LogP contribution is -2.39. The number of benzene rings is 4. The average Bonchev–Trinajstić information content (AvgIpc) is 3.64. The summed E-state index contributed by atoms with van der Waals surface area (Å²) in [5.74, 6) is 0.0331. The molecule has 60 heavy (non-hydrogen) atoms. The van der Waals surface area contributed by atoms with Crippen LogP contribution < -0.4 is 31.0 Å². The minimum Gasteiger partial charge on any atom is -0.497 e. The van der Waals surface area contributed by atoms with Crippen LogP contribution in [-0.2, 0) is 39.6 Å². The monoisotopic (exact) mass is 818 g/mol. The van der Waals surface area contributed by atoms with Crippen molar-refractivity contribution in [1.29, 1.82) is 0 Å². The molecular formula is C46H50N4O10. The lowest BCUT2D eigenvalue weighted by Gasteiger charge is -2.37. The summed E-state index contributed by atoms with van der Waals surface area (Å²) in [5.41, 5.74) is 6.81. The minimum absolute atomic E-state index is 0.0202. The molecule has 3 N–H and O–H groups in total. The summed E-state index contributed by atoms with van der Waals surface area (Å²) in [4.78, 5) is 54.8. The van der Waals surface area contributed by atoms with E-state index in [4.69, 9.17) is 34.2 Å². The molecule has 14 nitrogen and oxygen atoms in total. The van der Waals surface area contributed by atoms with Crippen LogP contribution in [0.3, 0.4) is 0 Å². The first-order valence-corrected chi connectivity index (χ1v) is 19.5. The van der Waals surface area contributed by atoms with Gasteiger partial charge in [-0.05, 0) is 70.1 Å². The minimum atomic E-state index is -1.22. The molecule has 1 aromatic heterocycles. The van der Waals surface area contributed by atoms with E-state index in [0.717, 1.165) is 22.3 Å². The van der Waals surface area contributed by atoms with Gasteiger partial charge in [-0.15, -0.1) is 0 Å². The number of aromatic nitrogens is 2. The van der Waals surface area contributed by atoms with E-state index in [1.165, 1.54) is 16.8 Å². The highest BCUT2D eigenvalue weighted by Gasteiger charge is 2.44. The molecule has 0 radical (unpaired) electrons. The van der Waals surface area contributed by atoms with Gasteiger partial charge in [-0.3, -0.25) is 19.0 Å². The maximum Gasteiger partial charge on any atom is 0.351 e. The lowest BCUT2D eigenvalue weighted by molar-refractivity contribution is -0.156. The number of nitrogens with two attached hydrogens (primary N) is 1. The van der Waals surface area contributed by atoms with Crippen LogP contribution in [0.4, 0.5) is 5.82 Å². The Bertz CT molecular complexity index is 2240. The van der Waals surface area contributed by atoms with Crippen molar-refractivity contribution in [2.75, 3.05) is 32.8 Å². The highest BCUT2D eigenvalue weighted by Crippen LogP contribution is 2.43. The number of methoxy groups -OCH3 is 2. The molecule has 2 amide bonds. The van der Waals surface area contributed by atoms with E-state index in [0.29, 0.717) is 17.2 Å². The summed E-state index contributed by atoms with van der Waals surface area (Å²) in [6, 6.07) is 33.6. The standard InChI is InChI=1S/C46H50N4O10/c1-45(2,3)30-11-21-36(22-12-30)57-29-41(52)48-40-25-26-50(44(54)49-40)42-27-37(60-43(53)24-23-39(47)51)38(59-42)28-58-46(31-9-7-6-8-10-31,32-13-17-34(55-4)18-14-32)33-15-19-35(56-5)20-16-33/h6-22,25-26,37-38,42H,23-24,27-29H2,1-5H3,(H2,47,51)(H,48,49,52,54)/t37-,38+,42+/m0/s1. The number of nitrogens with one attached hydrogen (secondary N) is 1. The molecule has 2 heterocycles. The van der Waals surface area contributed by atoms with E-state index in [-0.39, 0.29) is 43.7 Å². The van der Waals surface area contributed by atoms with Gasteiger partial charge in [0.15, 0.2) is 6.61 Å². The number of anilines is 1. The molecule has 4 aromatic carbocycles. The van der Waals surface area contributed by atoms with Gasteiger partial charge >= 0.3 is 11.7 Å². The van der Waals surface area contributed by atoms with E-state index >= 15 is 0 Å². The van der Waals surface area contributed by atoms with Crippen LogP contribution in [0.5, 0.6) is 17.2 Å².